The lowest BCUT2D eigenvalue weighted by Gasteiger charge is -2.10. The molecule has 0 aliphatic carbocycles. The van der Waals surface area contributed by atoms with Crippen LogP contribution in [-0.2, 0) is 6.54 Å². The van der Waals surface area contributed by atoms with Gasteiger partial charge in [0.1, 0.15) is 5.82 Å². The molecule has 0 spiro atoms. The number of hydrogen-bond donors (Lipinski definition) is 1. The first-order valence-corrected chi connectivity index (χ1v) is 8.82. The third-order valence-corrected chi connectivity index (χ3v) is 4.79. The minimum Gasteiger partial charge on any atom is -0.368 e. The van der Waals surface area contributed by atoms with Crippen molar-refractivity contribution in [3.8, 4) is 0 Å². The fraction of sp³-hybridized carbons (Fsp3) is 0.0909. The highest BCUT2D eigenvalue weighted by Gasteiger charge is 2.09. The van der Waals surface area contributed by atoms with Crippen LogP contribution in [0.2, 0.25) is 0 Å². The van der Waals surface area contributed by atoms with E-state index in [-0.39, 0.29) is 0 Å². The lowest BCUT2D eigenvalue weighted by Crippen LogP contribution is -2.11. The predicted octanol–water partition coefficient (Wildman–Crippen LogP) is 4.85. The van der Waals surface area contributed by atoms with Crippen LogP contribution in [0, 0.1) is 0 Å². The molecule has 3 heterocycles. The lowest BCUT2D eigenvalue weighted by atomic mass is 10.2. The van der Waals surface area contributed by atoms with Gasteiger partial charge in [-0.2, -0.15) is 0 Å². The largest absolute Gasteiger partial charge is 0.368 e. The third-order valence-electron chi connectivity index (χ3n) is 4.79. The Hall–Kier alpha value is -3.40. The standard InChI is InChI=1S/C22H18N4/c1-3-9-19-17(7-1)18-8-2-4-10-20(18)26(19)15-14-23-21-12-11-16-6-5-13-24-22(16)25-21/h1-13H,14-15H2,(H,23,24,25). The number of aromatic nitrogens is 3. The van der Waals surface area contributed by atoms with Crippen LogP contribution >= 0.6 is 0 Å². The number of nitrogens with zero attached hydrogens (tertiary/aromatic N) is 3. The van der Waals surface area contributed by atoms with Gasteiger partial charge >= 0.3 is 0 Å². The molecule has 126 valence electrons. The van der Waals surface area contributed by atoms with E-state index in [1.807, 2.05) is 18.2 Å². The van der Waals surface area contributed by atoms with Gasteiger partial charge in [0, 0.05) is 46.5 Å². The van der Waals surface area contributed by atoms with Gasteiger partial charge in [0.25, 0.3) is 0 Å². The monoisotopic (exact) mass is 338 g/mol. The molecule has 4 nitrogen and oxygen atoms in total. The fourth-order valence-electron chi connectivity index (χ4n) is 3.59. The van der Waals surface area contributed by atoms with Crippen molar-refractivity contribution in [2.75, 3.05) is 11.9 Å². The zero-order chi connectivity index (χ0) is 17.3. The molecule has 0 saturated carbocycles. The topological polar surface area (TPSA) is 42.7 Å². The van der Waals surface area contributed by atoms with Crippen molar-refractivity contribution >= 4 is 38.7 Å². The quantitative estimate of drug-likeness (QED) is 0.509. The second-order valence-electron chi connectivity index (χ2n) is 6.36. The molecule has 4 heteroatoms. The smallest absolute Gasteiger partial charge is 0.161 e. The van der Waals surface area contributed by atoms with Crippen molar-refractivity contribution in [2.24, 2.45) is 0 Å². The van der Waals surface area contributed by atoms with Crippen LogP contribution in [0.25, 0.3) is 32.8 Å². The summed E-state index contributed by atoms with van der Waals surface area (Å²) in [7, 11) is 0. The van der Waals surface area contributed by atoms with Crippen molar-refractivity contribution < 1.29 is 0 Å². The van der Waals surface area contributed by atoms with Gasteiger partial charge in [0.15, 0.2) is 5.65 Å². The van der Waals surface area contributed by atoms with Crippen molar-refractivity contribution in [3.63, 3.8) is 0 Å². The molecular weight excluding hydrogens is 320 g/mol. The first-order valence-electron chi connectivity index (χ1n) is 8.82. The average molecular weight is 338 g/mol. The number of benzene rings is 2. The van der Waals surface area contributed by atoms with Gasteiger partial charge in [-0.15, -0.1) is 0 Å². The highest BCUT2D eigenvalue weighted by molar-refractivity contribution is 6.07. The third kappa shape index (κ3) is 2.47. The second-order valence-corrected chi connectivity index (χ2v) is 6.36. The van der Waals surface area contributed by atoms with Crippen molar-refractivity contribution in [2.45, 2.75) is 6.54 Å². The molecule has 0 atom stereocenters. The summed E-state index contributed by atoms with van der Waals surface area (Å²) >= 11 is 0. The number of anilines is 1. The average Bonchev–Trinajstić information content (AvgIpc) is 3.02. The van der Waals surface area contributed by atoms with Crippen LogP contribution < -0.4 is 5.32 Å². The summed E-state index contributed by atoms with van der Waals surface area (Å²) in [5.74, 6) is 0.858. The Kier molecular flexibility index (Phi) is 3.53. The zero-order valence-corrected chi connectivity index (χ0v) is 14.3. The van der Waals surface area contributed by atoms with E-state index in [1.165, 1.54) is 21.8 Å². The van der Waals surface area contributed by atoms with Gasteiger partial charge in [-0.3, -0.25) is 0 Å². The SMILES string of the molecule is c1cnc2nc(NCCn3c4ccccc4c4ccccc43)ccc2c1. The van der Waals surface area contributed by atoms with Crippen LogP contribution in [-0.4, -0.2) is 21.1 Å². The Morgan fingerprint density at radius 3 is 2.27 bits per heavy atom. The van der Waals surface area contributed by atoms with E-state index in [0.717, 1.165) is 29.9 Å². The van der Waals surface area contributed by atoms with Crippen molar-refractivity contribution in [1.82, 2.24) is 14.5 Å². The minimum absolute atomic E-state index is 0.773. The molecule has 0 aliphatic heterocycles. The molecule has 0 bridgehead atoms. The van der Waals surface area contributed by atoms with Gasteiger partial charge in [-0.05, 0) is 36.4 Å². The molecule has 3 aromatic heterocycles. The number of para-hydroxylation sites is 2. The number of rotatable bonds is 4. The molecule has 0 saturated heterocycles. The summed E-state index contributed by atoms with van der Waals surface area (Å²) in [6.45, 7) is 1.67. The Bertz CT molecular complexity index is 1170. The van der Waals surface area contributed by atoms with E-state index in [1.54, 1.807) is 6.20 Å². The van der Waals surface area contributed by atoms with Crippen LogP contribution in [0.5, 0.6) is 0 Å². The van der Waals surface area contributed by atoms with Gasteiger partial charge in [-0.1, -0.05) is 36.4 Å². The van der Waals surface area contributed by atoms with Crippen LogP contribution in [0.1, 0.15) is 0 Å². The number of fused-ring (bicyclic) bond motifs is 4. The molecule has 0 radical (unpaired) electrons. The van der Waals surface area contributed by atoms with Gasteiger partial charge in [-0.25, -0.2) is 9.97 Å². The summed E-state index contributed by atoms with van der Waals surface area (Å²) in [6, 6.07) is 25.2. The van der Waals surface area contributed by atoms with Crippen LogP contribution in [0.15, 0.2) is 79.0 Å². The number of hydrogen-bond acceptors (Lipinski definition) is 3. The highest BCUT2D eigenvalue weighted by atomic mass is 15.1. The molecule has 0 amide bonds. The lowest BCUT2D eigenvalue weighted by molar-refractivity contribution is 0.780. The fourth-order valence-corrected chi connectivity index (χ4v) is 3.59. The van der Waals surface area contributed by atoms with E-state index in [0.29, 0.717) is 0 Å². The molecule has 26 heavy (non-hydrogen) atoms. The Labute approximate surface area is 151 Å². The summed E-state index contributed by atoms with van der Waals surface area (Å²) in [5, 5.41) is 7.09. The molecule has 0 aliphatic rings. The summed E-state index contributed by atoms with van der Waals surface area (Å²) in [6.07, 6.45) is 1.78. The number of pyridine rings is 2. The first-order chi connectivity index (χ1) is 12.9. The van der Waals surface area contributed by atoms with E-state index in [9.17, 15) is 0 Å². The molecule has 5 rings (SSSR count). The summed E-state index contributed by atoms with van der Waals surface area (Å²) in [5.41, 5.74) is 3.31. The molecule has 1 N–H and O–H groups in total. The van der Waals surface area contributed by atoms with Gasteiger partial charge in [0.2, 0.25) is 0 Å². The van der Waals surface area contributed by atoms with Crippen LogP contribution in [0.3, 0.4) is 0 Å². The van der Waals surface area contributed by atoms with E-state index in [2.05, 4.69) is 74.4 Å². The van der Waals surface area contributed by atoms with E-state index >= 15 is 0 Å². The maximum atomic E-state index is 4.59. The normalized spacial score (nSPS) is 11.4. The molecule has 2 aromatic carbocycles. The zero-order valence-electron chi connectivity index (χ0n) is 14.3. The molecule has 5 aromatic rings. The first kappa shape index (κ1) is 14.9. The van der Waals surface area contributed by atoms with Crippen molar-refractivity contribution in [1.29, 1.82) is 0 Å². The van der Waals surface area contributed by atoms with Gasteiger partial charge in [0.05, 0.1) is 0 Å². The highest BCUT2D eigenvalue weighted by Crippen LogP contribution is 2.28. The van der Waals surface area contributed by atoms with Gasteiger partial charge < -0.3 is 9.88 Å². The molecule has 0 fully saturated rings. The predicted molar refractivity (Wildman–Crippen MR) is 107 cm³/mol. The maximum absolute atomic E-state index is 4.59. The van der Waals surface area contributed by atoms with E-state index in [4.69, 9.17) is 0 Å². The summed E-state index contributed by atoms with van der Waals surface area (Å²) in [4.78, 5) is 8.91. The molecular formula is C22H18N4. The Morgan fingerprint density at radius 2 is 1.50 bits per heavy atom. The second kappa shape index (κ2) is 6.15. The van der Waals surface area contributed by atoms with Crippen molar-refractivity contribution in [3.05, 3.63) is 79.0 Å². The summed E-state index contributed by atoms with van der Waals surface area (Å²) < 4.78 is 2.37. The Balaban J connectivity index is 1.44. The molecule has 0 unspecified atom stereocenters. The maximum Gasteiger partial charge on any atom is 0.161 e. The Morgan fingerprint density at radius 1 is 0.769 bits per heavy atom. The van der Waals surface area contributed by atoms with E-state index < -0.39 is 0 Å². The van der Waals surface area contributed by atoms with Crippen LogP contribution in [0.4, 0.5) is 5.82 Å². The minimum atomic E-state index is 0.773. The number of nitrogens with one attached hydrogen (secondary N) is 1.